The van der Waals surface area contributed by atoms with Crippen LogP contribution in [0.2, 0.25) is 0 Å². The lowest BCUT2D eigenvalue weighted by Gasteiger charge is -2.07. The number of nitrogens with zero attached hydrogens (tertiary/aromatic N) is 2. The molecule has 2 aromatic rings. The number of benzene rings is 1. The number of amides is 1. The first-order valence-electron chi connectivity index (χ1n) is 6.81. The second kappa shape index (κ2) is 7.78. The third kappa shape index (κ3) is 4.31. The van der Waals surface area contributed by atoms with Crippen molar-refractivity contribution in [1.82, 2.24) is 15.3 Å². The Morgan fingerprint density at radius 3 is 2.77 bits per heavy atom. The van der Waals surface area contributed by atoms with Crippen LogP contribution in [0, 0.1) is 0 Å². The summed E-state index contributed by atoms with van der Waals surface area (Å²) >= 11 is 0. The van der Waals surface area contributed by atoms with Crippen molar-refractivity contribution in [3.05, 3.63) is 60.6 Å². The highest BCUT2D eigenvalue weighted by Crippen LogP contribution is 2.11. The summed E-state index contributed by atoms with van der Waals surface area (Å²) in [4.78, 5) is 20.1. The van der Waals surface area contributed by atoms with Crippen molar-refractivity contribution in [3.63, 3.8) is 0 Å². The molecule has 2 N–H and O–H groups in total. The minimum atomic E-state index is -0.250. The number of hydrogen-bond acceptors (Lipinski definition) is 5. The summed E-state index contributed by atoms with van der Waals surface area (Å²) in [6.45, 7) is 4.61. The van der Waals surface area contributed by atoms with Crippen LogP contribution >= 0.6 is 0 Å². The zero-order chi connectivity index (χ0) is 15.8. The van der Waals surface area contributed by atoms with Gasteiger partial charge in [0.1, 0.15) is 23.6 Å². The number of hydrogen-bond donors (Lipinski definition) is 2. The van der Waals surface area contributed by atoms with Gasteiger partial charge < -0.3 is 15.4 Å². The van der Waals surface area contributed by atoms with Gasteiger partial charge in [-0.25, -0.2) is 9.97 Å². The lowest BCUT2D eigenvalue weighted by atomic mass is 10.2. The SMILES string of the molecule is C=CCNc1cc(C(=O)NCc2ccc(OC)cc2)ncn1. The molecule has 0 unspecified atom stereocenters. The van der Waals surface area contributed by atoms with Crippen molar-refractivity contribution in [3.8, 4) is 5.75 Å². The number of ether oxygens (including phenoxy) is 1. The Morgan fingerprint density at radius 1 is 1.32 bits per heavy atom. The number of carbonyl (C=O) groups is 1. The van der Waals surface area contributed by atoms with Crippen LogP contribution in [-0.2, 0) is 6.54 Å². The van der Waals surface area contributed by atoms with Gasteiger partial charge in [0.05, 0.1) is 7.11 Å². The van der Waals surface area contributed by atoms with Gasteiger partial charge in [0.25, 0.3) is 5.91 Å². The van der Waals surface area contributed by atoms with E-state index >= 15 is 0 Å². The second-order valence-corrected chi connectivity index (χ2v) is 4.49. The van der Waals surface area contributed by atoms with E-state index in [1.165, 1.54) is 6.33 Å². The van der Waals surface area contributed by atoms with Gasteiger partial charge in [0.2, 0.25) is 0 Å². The van der Waals surface area contributed by atoms with Gasteiger partial charge in [-0.2, -0.15) is 0 Å². The highest BCUT2D eigenvalue weighted by atomic mass is 16.5. The van der Waals surface area contributed by atoms with Gasteiger partial charge >= 0.3 is 0 Å². The molecule has 0 aliphatic rings. The van der Waals surface area contributed by atoms with Gasteiger partial charge in [-0.3, -0.25) is 4.79 Å². The summed E-state index contributed by atoms with van der Waals surface area (Å²) in [7, 11) is 1.61. The Bertz CT molecular complexity index is 641. The molecule has 0 saturated carbocycles. The van der Waals surface area contributed by atoms with Crippen LogP contribution in [0.25, 0.3) is 0 Å². The minimum absolute atomic E-state index is 0.250. The molecular formula is C16H18N4O2. The molecule has 0 atom stereocenters. The van der Waals surface area contributed by atoms with E-state index in [1.54, 1.807) is 19.3 Å². The standard InChI is InChI=1S/C16H18N4O2/c1-3-8-17-15-9-14(19-11-20-15)16(21)18-10-12-4-6-13(22-2)7-5-12/h3-7,9,11H,1,8,10H2,2H3,(H,18,21)(H,17,19,20). The molecule has 0 radical (unpaired) electrons. The summed E-state index contributed by atoms with van der Waals surface area (Å²) in [5.74, 6) is 1.12. The van der Waals surface area contributed by atoms with Crippen molar-refractivity contribution in [2.75, 3.05) is 19.0 Å². The number of methoxy groups -OCH3 is 1. The lowest BCUT2D eigenvalue weighted by molar-refractivity contribution is 0.0946. The van der Waals surface area contributed by atoms with E-state index in [0.29, 0.717) is 24.6 Å². The molecule has 0 aliphatic carbocycles. The van der Waals surface area contributed by atoms with Gasteiger partial charge in [-0.15, -0.1) is 6.58 Å². The summed E-state index contributed by atoms with van der Waals surface area (Å²) in [6.07, 6.45) is 3.07. The molecule has 114 valence electrons. The highest BCUT2D eigenvalue weighted by molar-refractivity contribution is 5.92. The van der Waals surface area contributed by atoms with E-state index in [0.717, 1.165) is 11.3 Å². The third-order valence-corrected chi connectivity index (χ3v) is 2.94. The van der Waals surface area contributed by atoms with Crippen molar-refractivity contribution >= 4 is 11.7 Å². The van der Waals surface area contributed by atoms with Crippen molar-refractivity contribution in [1.29, 1.82) is 0 Å². The van der Waals surface area contributed by atoms with Gasteiger partial charge in [-0.05, 0) is 17.7 Å². The molecule has 1 heterocycles. The Labute approximate surface area is 129 Å². The summed E-state index contributed by atoms with van der Waals surface area (Å²) < 4.78 is 5.09. The van der Waals surface area contributed by atoms with Gasteiger partial charge in [0, 0.05) is 19.2 Å². The molecule has 0 fully saturated rings. The van der Waals surface area contributed by atoms with Crippen LogP contribution in [0.4, 0.5) is 5.82 Å². The Balaban J connectivity index is 1.94. The second-order valence-electron chi connectivity index (χ2n) is 4.49. The van der Waals surface area contributed by atoms with E-state index < -0.39 is 0 Å². The monoisotopic (exact) mass is 298 g/mol. The molecule has 0 bridgehead atoms. The Hall–Kier alpha value is -2.89. The first-order chi connectivity index (χ1) is 10.7. The predicted molar refractivity (Wildman–Crippen MR) is 84.9 cm³/mol. The molecule has 1 aromatic carbocycles. The number of aromatic nitrogens is 2. The summed E-state index contributed by atoms with van der Waals surface area (Å²) in [5.41, 5.74) is 1.29. The fourth-order valence-electron chi connectivity index (χ4n) is 1.77. The topological polar surface area (TPSA) is 76.1 Å². The molecule has 22 heavy (non-hydrogen) atoms. The Kier molecular flexibility index (Phi) is 5.48. The number of nitrogens with one attached hydrogen (secondary N) is 2. The Morgan fingerprint density at radius 2 is 2.09 bits per heavy atom. The van der Waals surface area contributed by atoms with Crippen LogP contribution < -0.4 is 15.4 Å². The van der Waals surface area contributed by atoms with E-state index in [2.05, 4.69) is 27.2 Å². The summed E-state index contributed by atoms with van der Waals surface area (Å²) in [5, 5.41) is 5.83. The zero-order valence-corrected chi connectivity index (χ0v) is 12.4. The quantitative estimate of drug-likeness (QED) is 0.765. The maximum atomic E-state index is 12.1. The molecular weight excluding hydrogens is 280 g/mol. The molecule has 0 spiro atoms. The molecule has 0 aliphatic heterocycles. The van der Waals surface area contributed by atoms with Crippen LogP contribution in [0.15, 0.2) is 49.3 Å². The predicted octanol–water partition coefficient (Wildman–Crippen LogP) is 2.01. The maximum absolute atomic E-state index is 12.1. The largest absolute Gasteiger partial charge is 0.497 e. The van der Waals surface area contributed by atoms with Crippen LogP contribution in [0.3, 0.4) is 0 Å². The third-order valence-electron chi connectivity index (χ3n) is 2.94. The van der Waals surface area contributed by atoms with E-state index in [4.69, 9.17) is 4.74 Å². The van der Waals surface area contributed by atoms with Gasteiger partial charge in [0.15, 0.2) is 0 Å². The van der Waals surface area contributed by atoms with Crippen molar-refractivity contribution < 1.29 is 9.53 Å². The van der Waals surface area contributed by atoms with Crippen LogP contribution in [0.1, 0.15) is 16.1 Å². The first kappa shape index (κ1) is 15.5. The molecule has 6 heteroatoms. The van der Waals surface area contributed by atoms with E-state index in [-0.39, 0.29) is 5.91 Å². The lowest BCUT2D eigenvalue weighted by Crippen LogP contribution is -2.24. The van der Waals surface area contributed by atoms with E-state index in [9.17, 15) is 4.79 Å². The normalized spacial score (nSPS) is 9.86. The smallest absolute Gasteiger partial charge is 0.270 e. The number of rotatable bonds is 7. The average Bonchev–Trinajstić information content (AvgIpc) is 2.58. The molecule has 2 rings (SSSR count). The number of carbonyl (C=O) groups excluding carboxylic acids is 1. The minimum Gasteiger partial charge on any atom is -0.497 e. The van der Waals surface area contributed by atoms with Crippen LogP contribution in [0.5, 0.6) is 5.75 Å². The highest BCUT2D eigenvalue weighted by Gasteiger charge is 2.08. The molecule has 1 amide bonds. The molecule has 6 nitrogen and oxygen atoms in total. The fourth-order valence-corrected chi connectivity index (χ4v) is 1.77. The summed E-state index contributed by atoms with van der Waals surface area (Å²) in [6, 6.07) is 9.10. The van der Waals surface area contributed by atoms with Gasteiger partial charge in [-0.1, -0.05) is 18.2 Å². The van der Waals surface area contributed by atoms with Crippen molar-refractivity contribution in [2.24, 2.45) is 0 Å². The first-order valence-corrected chi connectivity index (χ1v) is 6.81. The average molecular weight is 298 g/mol. The fraction of sp³-hybridized carbons (Fsp3) is 0.188. The van der Waals surface area contributed by atoms with Crippen LogP contribution in [-0.4, -0.2) is 29.5 Å². The van der Waals surface area contributed by atoms with Crippen molar-refractivity contribution in [2.45, 2.75) is 6.54 Å². The maximum Gasteiger partial charge on any atom is 0.270 e. The van der Waals surface area contributed by atoms with E-state index in [1.807, 2.05) is 24.3 Å². The molecule has 1 aromatic heterocycles. The molecule has 0 saturated heterocycles. The zero-order valence-electron chi connectivity index (χ0n) is 12.4. The number of anilines is 1.